The molecular weight excluding hydrogens is 204 g/mol. The fourth-order valence-electron chi connectivity index (χ4n) is 1.89. The van der Waals surface area contributed by atoms with Crippen molar-refractivity contribution < 1.29 is 9.53 Å². The first-order chi connectivity index (χ1) is 7.77. The van der Waals surface area contributed by atoms with Crippen LogP contribution in [0.1, 0.15) is 18.4 Å². The Bertz CT molecular complexity index is 342. The lowest BCUT2D eigenvalue weighted by molar-refractivity contribution is -0.146. The molecule has 1 aliphatic carbocycles. The summed E-state index contributed by atoms with van der Waals surface area (Å²) in [4.78, 5) is 14.5. The molecular formula is C12H18N2O2. The van der Waals surface area contributed by atoms with Gasteiger partial charge < -0.3 is 15.0 Å². The standard InChI is InChI=1S/C12H18N2O2/c1-16-11(15)12(4-5-12)9-14-7-3-10-2-6-13-8-10/h2,6,8,13-14H,3-5,7,9H2,1H3. The van der Waals surface area contributed by atoms with Crippen LogP contribution in [0.3, 0.4) is 0 Å². The Morgan fingerprint density at radius 3 is 3.00 bits per heavy atom. The highest BCUT2D eigenvalue weighted by Crippen LogP contribution is 2.45. The maximum atomic E-state index is 11.5. The molecule has 0 unspecified atom stereocenters. The lowest BCUT2D eigenvalue weighted by Gasteiger charge is -2.13. The van der Waals surface area contributed by atoms with Crippen LogP contribution >= 0.6 is 0 Å². The molecule has 88 valence electrons. The topological polar surface area (TPSA) is 54.1 Å². The fourth-order valence-corrected chi connectivity index (χ4v) is 1.89. The molecule has 0 atom stereocenters. The zero-order valence-corrected chi connectivity index (χ0v) is 9.58. The Hall–Kier alpha value is -1.29. The molecule has 0 saturated heterocycles. The van der Waals surface area contributed by atoms with Crippen LogP contribution in [0.25, 0.3) is 0 Å². The fraction of sp³-hybridized carbons (Fsp3) is 0.583. The molecule has 1 aliphatic rings. The van der Waals surface area contributed by atoms with E-state index in [0.29, 0.717) is 0 Å². The summed E-state index contributed by atoms with van der Waals surface area (Å²) in [5.74, 6) is -0.0679. The van der Waals surface area contributed by atoms with Gasteiger partial charge >= 0.3 is 5.97 Å². The number of aromatic nitrogens is 1. The molecule has 0 aliphatic heterocycles. The van der Waals surface area contributed by atoms with Crippen LogP contribution in [0.15, 0.2) is 18.5 Å². The molecule has 4 heteroatoms. The van der Waals surface area contributed by atoms with Crippen molar-refractivity contribution in [2.45, 2.75) is 19.3 Å². The van der Waals surface area contributed by atoms with Gasteiger partial charge in [0.05, 0.1) is 12.5 Å². The molecule has 2 rings (SSSR count). The van der Waals surface area contributed by atoms with Gasteiger partial charge in [-0.1, -0.05) is 0 Å². The maximum absolute atomic E-state index is 11.5. The van der Waals surface area contributed by atoms with Crippen LogP contribution in [-0.4, -0.2) is 31.2 Å². The monoisotopic (exact) mass is 222 g/mol. The van der Waals surface area contributed by atoms with E-state index < -0.39 is 0 Å². The third-order valence-electron chi connectivity index (χ3n) is 3.19. The smallest absolute Gasteiger partial charge is 0.313 e. The van der Waals surface area contributed by atoms with Gasteiger partial charge in [0.25, 0.3) is 0 Å². The van der Waals surface area contributed by atoms with Crippen LogP contribution < -0.4 is 5.32 Å². The summed E-state index contributed by atoms with van der Waals surface area (Å²) < 4.78 is 4.80. The number of aromatic amines is 1. The molecule has 1 aromatic heterocycles. The van der Waals surface area contributed by atoms with Crippen molar-refractivity contribution in [3.63, 3.8) is 0 Å². The summed E-state index contributed by atoms with van der Waals surface area (Å²) in [5, 5.41) is 3.33. The van der Waals surface area contributed by atoms with Crippen LogP contribution in [0.5, 0.6) is 0 Å². The quantitative estimate of drug-likeness (QED) is 0.560. The van der Waals surface area contributed by atoms with Gasteiger partial charge in [-0.05, 0) is 37.4 Å². The van der Waals surface area contributed by atoms with E-state index in [1.165, 1.54) is 12.7 Å². The van der Waals surface area contributed by atoms with Crippen LogP contribution in [0.4, 0.5) is 0 Å². The molecule has 1 saturated carbocycles. The predicted octanol–water partition coefficient (Wildman–Crippen LogP) is 1.10. The Kier molecular flexibility index (Phi) is 3.29. The summed E-state index contributed by atoms with van der Waals surface area (Å²) in [6.07, 6.45) is 6.81. The van der Waals surface area contributed by atoms with Crippen molar-refractivity contribution in [2.24, 2.45) is 5.41 Å². The molecule has 0 aromatic carbocycles. The zero-order chi connectivity index (χ0) is 11.4. The molecule has 0 radical (unpaired) electrons. The van der Waals surface area contributed by atoms with Gasteiger partial charge in [-0.15, -0.1) is 0 Å². The van der Waals surface area contributed by atoms with Gasteiger partial charge in [0.2, 0.25) is 0 Å². The largest absolute Gasteiger partial charge is 0.469 e. The molecule has 1 aromatic rings. The molecule has 0 amide bonds. The minimum absolute atomic E-state index is 0.0679. The summed E-state index contributed by atoms with van der Waals surface area (Å²) >= 11 is 0. The number of ether oxygens (including phenoxy) is 1. The Morgan fingerprint density at radius 2 is 2.44 bits per heavy atom. The average Bonchev–Trinajstić information content (AvgIpc) is 2.92. The molecule has 1 heterocycles. The molecule has 0 bridgehead atoms. The number of carbonyl (C=O) groups excluding carboxylic acids is 1. The van der Waals surface area contributed by atoms with Crippen LogP contribution in [0, 0.1) is 5.41 Å². The van der Waals surface area contributed by atoms with Crippen molar-refractivity contribution in [1.82, 2.24) is 10.3 Å². The molecule has 16 heavy (non-hydrogen) atoms. The number of H-pyrrole nitrogens is 1. The summed E-state index contributed by atoms with van der Waals surface area (Å²) in [6, 6.07) is 2.06. The van der Waals surface area contributed by atoms with Gasteiger partial charge in [-0.3, -0.25) is 4.79 Å². The van der Waals surface area contributed by atoms with E-state index in [0.717, 1.165) is 32.4 Å². The minimum Gasteiger partial charge on any atom is -0.469 e. The molecule has 2 N–H and O–H groups in total. The van der Waals surface area contributed by atoms with E-state index in [-0.39, 0.29) is 11.4 Å². The zero-order valence-electron chi connectivity index (χ0n) is 9.58. The van der Waals surface area contributed by atoms with Gasteiger partial charge in [-0.25, -0.2) is 0 Å². The number of nitrogens with one attached hydrogen (secondary N) is 2. The molecule has 1 fully saturated rings. The van der Waals surface area contributed by atoms with Crippen molar-refractivity contribution in [2.75, 3.05) is 20.2 Å². The second kappa shape index (κ2) is 4.70. The first-order valence-electron chi connectivity index (χ1n) is 5.68. The summed E-state index contributed by atoms with van der Waals surface area (Å²) in [5.41, 5.74) is 1.07. The molecule has 0 spiro atoms. The van der Waals surface area contributed by atoms with Gasteiger partial charge in [0, 0.05) is 18.9 Å². The minimum atomic E-state index is -0.215. The Morgan fingerprint density at radius 1 is 1.62 bits per heavy atom. The average molecular weight is 222 g/mol. The van der Waals surface area contributed by atoms with E-state index in [1.54, 1.807) is 0 Å². The number of methoxy groups -OCH3 is 1. The second-order valence-corrected chi connectivity index (χ2v) is 4.42. The lowest BCUT2D eigenvalue weighted by atomic mass is 10.1. The predicted molar refractivity (Wildman–Crippen MR) is 61.0 cm³/mol. The van der Waals surface area contributed by atoms with Crippen molar-refractivity contribution in [3.8, 4) is 0 Å². The molecule has 4 nitrogen and oxygen atoms in total. The number of rotatable bonds is 6. The van der Waals surface area contributed by atoms with Crippen molar-refractivity contribution >= 4 is 5.97 Å². The van der Waals surface area contributed by atoms with E-state index >= 15 is 0 Å². The van der Waals surface area contributed by atoms with E-state index in [4.69, 9.17) is 4.74 Å². The summed E-state index contributed by atoms with van der Waals surface area (Å²) in [6.45, 7) is 1.64. The number of hydrogen-bond donors (Lipinski definition) is 2. The highest BCUT2D eigenvalue weighted by Gasteiger charge is 2.50. The van der Waals surface area contributed by atoms with E-state index in [9.17, 15) is 4.79 Å². The third-order valence-corrected chi connectivity index (χ3v) is 3.19. The number of esters is 1. The van der Waals surface area contributed by atoms with Gasteiger partial charge in [0.1, 0.15) is 0 Å². The first-order valence-corrected chi connectivity index (χ1v) is 5.68. The third kappa shape index (κ3) is 2.44. The number of hydrogen-bond acceptors (Lipinski definition) is 3. The maximum Gasteiger partial charge on any atom is 0.313 e. The highest BCUT2D eigenvalue weighted by atomic mass is 16.5. The highest BCUT2D eigenvalue weighted by molar-refractivity contribution is 5.80. The van der Waals surface area contributed by atoms with Crippen molar-refractivity contribution in [1.29, 1.82) is 0 Å². The van der Waals surface area contributed by atoms with Crippen molar-refractivity contribution in [3.05, 3.63) is 24.0 Å². The van der Waals surface area contributed by atoms with Crippen LogP contribution in [0.2, 0.25) is 0 Å². The Labute approximate surface area is 95.4 Å². The second-order valence-electron chi connectivity index (χ2n) is 4.42. The number of carbonyl (C=O) groups is 1. The summed E-state index contributed by atoms with van der Waals surface area (Å²) in [7, 11) is 1.46. The van der Waals surface area contributed by atoms with Gasteiger partial charge in [0.15, 0.2) is 0 Å². The van der Waals surface area contributed by atoms with E-state index in [2.05, 4.69) is 16.4 Å². The SMILES string of the molecule is COC(=O)C1(CNCCc2cc[nH]c2)CC1. The van der Waals surface area contributed by atoms with Gasteiger partial charge in [-0.2, -0.15) is 0 Å². The van der Waals surface area contributed by atoms with E-state index in [1.807, 2.05) is 12.4 Å². The van der Waals surface area contributed by atoms with Crippen LogP contribution in [-0.2, 0) is 16.0 Å². The Balaban J connectivity index is 1.67. The first kappa shape index (κ1) is 11.2. The lowest BCUT2D eigenvalue weighted by Crippen LogP contribution is -2.32. The normalized spacial score (nSPS) is 17.1.